The van der Waals surface area contributed by atoms with Crippen LogP contribution in [0.2, 0.25) is 0 Å². The number of hydrogen-bond donors (Lipinski definition) is 0. The molecule has 5 nitrogen and oxygen atoms in total. The molecule has 1 heterocycles. The molecule has 0 saturated carbocycles. The minimum atomic E-state index is -0.352. The average Bonchev–Trinajstić information content (AvgIpc) is 3.34. The number of benzene rings is 2. The van der Waals surface area contributed by atoms with Gasteiger partial charge in [0.05, 0.1) is 12.1 Å². The number of rotatable bonds is 9. The number of nitrogens with zero attached hydrogens (tertiary/aromatic N) is 2. The summed E-state index contributed by atoms with van der Waals surface area (Å²) in [5.74, 6) is 1.48. The molecule has 3 rings (SSSR count). The summed E-state index contributed by atoms with van der Waals surface area (Å²) in [5, 5.41) is 4.56. The Labute approximate surface area is 200 Å². The standard InChI is InChI=1S/C25H30N2O3S2/c1-25(2,28-5)19-9-11-22(12-10-19)30-24(31)27(4)20-7-6-8-23(17-20)29-15-14-26(3)21-13-16-32-18-21/h6-13,16-18H,14-15H2,1-5H3. The summed E-state index contributed by atoms with van der Waals surface area (Å²) < 4.78 is 17.4. The van der Waals surface area contributed by atoms with Crippen LogP contribution in [0.3, 0.4) is 0 Å². The zero-order valence-corrected chi connectivity index (χ0v) is 20.8. The van der Waals surface area contributed by atoms with Crippen molar-refractivity contribution in [3.05, 3.63) is 70.9 Å². The first-order chi connectivity index (χ1) is 15.3. The Kier molecular flexibility index (Phi) is 8.12. The van der Waals surface area contributed by atoms with E-state index in [9.17, 15) is 0 Å². The van der Waals surface area contributed by atoms with Gasteiger partial charge in [0.2, 0.25) is 0 Å². The summed E-state index contributed by atoms with van der Waals surface area (Å²) in [6.45, 7) is 5.44. The molecule has 170 valence electrons. The van der Waals surface area contributed by atoms with Gasteiger partial charge in [0.1, 0.15) is 18.1 Å². The largest absolute Gasteiger partial charge is 0.492 e. The highest BCUT2D eigenvalue weighted by atomic mass is 32.1. The van der Waals surface area contributed by atoms with E-state index in [1.165, 1.54) is 5.69 Å². The lowest BCUT2D eigenvalue weighted by Gasteiger charge is -2.24. The fourth-order valence-electron chi connectivity index (χ4n) is 3.00. The molecule has 0 radical (unpaired) electrons. The molecule has 0 fully saturated rings. The maximum absolute atomic E-state index is 5.96. The van der Waals surface area contributed by atoms with Crippen molar-refractivity contribution < 1.29 is 14.2 Å². The lowest BCUT2D eigenvalue weighted by Crippen LogP contribution is -2.29. The third-order valence-electron chi connectivity index (χ3n) is 5.39. The van der Waals surface area contributed by atoms with E-state index in [0.717, 1.165) is 23.5 Å². The molecule has 0 aliphatic carbocycles. The molecule has 2 aromatic carbocycles. The molecule has 3 aromatic rings. The predicted octanol–water partition coefficient (Wildman–Crippen LogP) is 5.94. The van der Waals surface area contributed by atoms with Crippen molar-refractivity contribution in [1.82, 2.24) is 0 Å². The maximum atomic E-state index is 5.96. The summed E-state index contributed by atoms with van der Waals surface area (Å²) in [5.41, 5.74) is 2.82. The van der Waals surface area contributed by atoms with Gasteiger partial charge in [-0.3, -0.25) is 0 Å². The van der Waals surface area contributed by atoms with Gasteiger partial charge in [-0.15, -0.1) is 0 Å². The second-order valence-electron chi connectivity index (χ2n) is 7.91. The molecular formula is C25H30N2O3S2. The first kappa shape index (κ1) is 24.0. The number of hydrogen-bond acceptors (Lipinski definition) is 6. The van der Waals surface area contributed by atoms with Crippen molar-refractivity contribution in [3.8, 4) is 11.5 Å². The molecule has 0 unspecified atom stereocenters. The molecular weight excluding hydrogens is 440 g/mol. The van der Waals surface area contributed by atoms with Crippen LogP contribution >= 0.6 is 23.6 Å². The zero-order chi connectivity index (χ0) is 23.1. The van der Waals surface area contributed by atoms with Gasteiger partial charge in [-0.1, -0.05) is 18.2 Å². The number of thiophene rings is 1. The van der Waals surface area contributed by atoms with Gasteiger partial charge in [0, 0.05) is 44.0 Å². The SMILES string of the molecule is COC(C)(C)c1ccc(OC(=S)N(C)c2cccc(OCCN(C)c3ccsc3)c2)cc1. The molecule has 0 spiro atoms. The van der Waals surface area contributed by atoms with Crippen LogP contribution in [0.25, 0.3) is 0 Å². The van der Waals surface area contributed by atoms with Crippen molar-refractivity contribution in [2.75, 3.05) is 44.2 Å². The van der Waals surface area contributed by atoms with Crippen LogP contribution in [-0.4, -0.2) is 39.5 Å². The van der Waals surface area contributed by atoms with Crippen LogP contribution in [0.4, 0.5) is 11.4 Å². The van der Waals surface area contributed by atoms with Crippen molar-refractivity contribution >= 4 is 40.1 Å². The molecule has 1 aromatic heterocycles. The van der Waals surface area contributed by atoms with Crippen molar-refractivity contribution in [3.63, 3.8) is 0 Å². The molecule has 0 aliphatic heterocycles. The van der Waals surface area contributed by atoms with Gasteiger partial charge in [-0.05, 0) is 67.3 Å². The van der Waals surface area contributed by atoms with Crippen LogP contribution in [-0.2, 0) is 10.3 Å². The minimum absolute atomic E-state index is 0.352. The summed E-state index contributed by atoms with van der Waals surface area (Å²) in [4.78, 5) is 4.00. The molecule has 7 heteroatoms. The summed E-state index contributed by atoms with van der Waals surface area (Å²) in [6.07, 6.45) is 0. The summed E-state index contributed by atoms with van der Waals surface area (Å²) in [7, 11) is 5.65. The third kappa shape index (κ3) is 6.22. The van der Waals surface area contributed by atoms with Gasteiger partial charge >= 0.3 is 0 Å². The van der Waals surface area contributed by atoms with E-state index in [2.05, 4.69) is 28.8 Å². The Bertz CT molecular complexity index is 1000. The van der Waals surface area contributed by atoms with E-state index in [4.69, 9.17) is 26.4 Å². The van der Waals surface area contributed by atoms with Gasteiger partial charge in [0.15, 0.2) is 0 Å². The van der Waals surface area contributed by atoms with E-state index in [1.807, 2.05) is 74.3 Å². The fourth-order valence-corrected chi connectivity index (χ4v) is 3.90. The van der Waals surface area contributed by atoms with Gasteiger partial charge in [-0.25, -0.2) is 0 Å². The first-order valence-electron chi connectivity index (χ1n) is 10.4. The van der Waals surface area contributed by atoms with E-state index in [1.54, 1.807) is 18.4 Å². The molecule has 0 amide bonds. The highest BCUT2D eigenvalue weighted by Gasteiger charge is 2.19. The zero-order valence-electron chi connectivity index (χ0n) is 19.2. The van der Waals surface area contributed by atoms with Crippen LogP contribution in [0.15, 0.2) is 65.4 Å². The summed E-state index contributed by atoms with van der Waals surface area (Å²) >= 11 is 7.20. The lowest BCUT2D eigenvalue weighted by molar-refractivity contribution is 0.0192. The fraction of sp³-hybridized carbons (Fsp3) is 0.320. The summed E-state index contributed by atoms with van der Waals surface area (Å²) in [6, 6.07) is 17.7. The van der Waals surface area contributed by atoms with Crippen LogP contribution in [0, 0.1) is 0 Å². The molecule has 0 bridgehead atoms. The Balaban J connectivity index is 1.56. The van der Waals surface area contributed by atoms with Crippen LogP contribution in [0.5, 0.6) is 11.5 Å². The molecule has 0 atom stereocenters. The quantitative estimate of drug-likeness (QED) is 0.360. The maximum Gasteiger partial charge on any atom is 0.269 e. The number of likely N-dealkylation sites (N-methyl/N-ethyl adjacent to an activating group) is 1. The Morgan fingerprint density at radius 2 is 1.75 bits per heavy atom. The molecule has 0 saturated heterocycles. The Morgan fingerprint density at radius 3 is 2.41 bits per heavy atom. The Morgan fingerprint density at radius 1 is 1.00 bits per heavy atom. The normalized spacial score (nSPS) is 11.2. The molecule has 0 N–H and O–H groups in total. The van der Waals surface area contributed by atoms with E-state index >= 15 is 0 Å². The van der Waals surface area contributed by atoms with E-state index < -0.39 is 0 Å². The topological polar surface area (TPSA) is 34.2 Å². The number of ether oxygens (including phenoxy) is 3. The highest BCUT2D eigenvalue weighted by molar-refractivity contribution is 7.80. The minimum Gasteiger partial charge on any atom is -0.492 e. The number of thiocarbonyl (C=S) groups is 1. The first-order valence-corrected chi connectivity index (χ1v) is 11.7. The van der Waals surface area contributed by atoms with Gasteiger partial charge in [0.25, 0.3) is 5.17 Å². The molecule has 0 aliphatic rings. The van der Waals surface area contributed by atoms with Crippen LogP contribution < -0.4 is 19.3 Å². The van der Waals surface area contributed by atoms with Gasteiger partial charge < -0.3 is 24.0 Å². The van der Waals surface area contributed by atoms with Crippen molar-refractivity contribution in [1.29, 1.82) is 0 Å². The lowest BCUT2D eigenvalue weighted by atomic mass is 9.98. The van der Waals surface area contributed by atoms with Crippen molar-refractivity contribution in [2.45, 2.75) is 19.4 Å². The highest BCUT2D eigenvalue weighted by Crippen LogP contribution is 2.26. The second kappa shape index (κ2) is 10.8. The number of anilines is 2. The van der Waals surface area contributed by atoms with Crippen LogP contribution in [0.1, 0.15) is 19.4 Å². The van der Waals surface area contributed by atoms with Crippen molar-refractivity contribution in [2.24, 2.45) is 0 Å². The smallest absolute Gasteiger partial charge is 0.269 e. The Hall–Kier alpha value is -2.61. The van der Waals surface area contributed by atoms with E-state index in [0.29, 0.717) is 17.5 Å². The molecule has 32 heavy (non-hydrogen) atoms. The predicted molar refractivity (Wildman–Crippen MR) is 138 cm³/mol. The van der Waals surface area contributed by atoms with Gasteiger partial charge in [-0.2, -0.15) is 11.3 Å². The second-order valence-corrected chi connectivity index (χ2v) is 9.04. The third-order valence-corrected chi connectivity index (χ3v) is 6.41. The van der Waals surface area contributed by atoms with E-state index in [-0.39, 0.29) is 5.60 Å². The monoisotopic (exact) mass is 470 g/mol. The average molecular weight is 471 g/mol. The number of methoxy groups -OCH3 is 1.